The quantitative estimate of drug-likeness (QED) is 0.560. The number of hydrogen-bond acceptors (Lipinski definition) is 7. The highest BCUT2D eigenvalue weighted by Crippen LogP contribution is 2.23. The molecule has 0 radical (unpaired) electrons. The normalized spacial score (nSPS) is 10.9. The minimum atomic E-state index is -0.180. The van der Waals surface area contributed by atoms with E-state index in [9.17, 15) is 4.79 Å². The summed E-state index contributed by atoms with van der Waals surface area (Å²) < 4.78 is 1.43. The van der Waals surface area contributed by atoms with Crippen LogP contribution in [0.25, 0.3) is 10.9 Å². The Morgan fingerprint density at radius 2 is 1.81 bits per heavy atom. The van der Waals surface area contributed by atoms with Gasteiger partial charge in [-0.3, -0.25) is 9.36 Å². The molecule has 0 fully saturated rings. The number of anilines is 3. The molecule has 3 N–H and O–H groups in total. The van der Waals surface area contributed by atoms with E-state index in [1.54, 1.807) is 30.3 Å². The van der Waals surface area contributed by atoms with E-state index in [4.69, 9.17) is 17.3 Å². The lowest BCUT2D eigenvalue weighted by Gasteiger charge is -2.10. The van der Waals surface area contributed by atoms with Gasteiger partial charge in [-0.15, -0.1) is 0 Å². The summed E-state index contributed by atoms with van der Waals surface area (Å²) in [5.74, 6) is 0.611. The molecule has 0 saturated carbocycles. The zero-order valence-corrected chi connectivity index (χ0v) is 14.8. The average molecular weight is 380 g/mol. The Bertz CT molecular complexity index is 1190. The second kappa shape index (κ2) is 7.00. The van der Waals surface area contributed by atoms with Crippen LogP contribution in [0.1, 0.15) is 5.82 Å². The molecule has 0 aliphatic heterocycles. The van der Waals surface area contributed by atoms with Gasteiger partial charge in [0.15, 0.2) is 5.82 Å². The maximum absolute atomic E-state index is 12.6. The maximum atomic E-state index is 12.6. The van der Waals surface area contributed by atoms with Crippen molar-refractivity contribution in [1.29, 1.82) is 0 Å². The monoisotopic (exact) mass is 379 g/mol. The predicted octanol–water partition coefficient (Wildman–Crippen LogP) is 2.61. The number of benzene rings is 2. The molecule has 4 rings (SSSR count). The van der Waals surface area contributed by atoms with Crippen LogP contribution in [0.15, 0.2) is 59.7 Å². The molecule has 8 nitrogen and oxygen atoms in total. The van der Waals surface area contributed by atoms with Crippen molar-refractivity contribution < 1.29 is 0 Å². The fourth-order valence-electron chi connectivity index (χ4n) is 2.62. The van der Waals surface area contributed by atoms with Crippen LogP contribution in [0.5, 0.6) is 0 Å². The Hall–Kier alpha value is -3.52. The summed E-state index contributed by atoms with van der Waals surface area (Å²) in [4.78, 5) is 29.4. The highest BCUT2D eigenvalue weighted by Gasteiger charge is 2.10. The van der Waals surface area contributed by atoms with Gasteiger partial charge in [0, 0.05) is 0 Å². The molecule has 27 heavy (non-hydrogen) atoms. The molecule has 0 atom stereocenters. The van der Waals surface area contributed by atoms with Crippen LogP contribution in [0.3, 0.4) is 0 Å². The molecule has 0 unspecified atom stereocenters. The highest BCUT2D eigenvalue weighted by atomic mass is 35.5. The summed E-state index contributed by atoms with van der Waals surface area (Å²) in [5.41, 5.74) is 6.89. The molecule has 0 spiro atoms. The summed E-state index contributed by atoms with van der Waals surface area (Å²) in [7, 11) is 0. The Kier molecular flexibility index (Phi) is 4.39. The number of fused-ring (bicyclic) bond motifs is 1. The van der Waals surface area contributed by atoms with Crippen LogP contribution < -0.4 is 16.6 Å². The van der Waals surface area contributed by atoms with E-state index in [0.29, 0.717) is 27.4 Å². The molecule has 0 aliphatic carbocycles. The minimum Gasteiger partial charge on any atom is -0.368 e. The largest absolute Gasteiger partial charge is 0.368 e. The molecule has 0 bridgehead atoms. The molecule has 9 heteroatoms. The number of para-hydroxylation sites is 2. The fraction of sp³-hybridized carbons (Fsp3) is 0.0556. The van der Waals surface area contributed by atoms with Crippen molar-refractivity contribution in [3.05, 3.63) is 76.1 Å². The number of nitrogens with one attached hydrogen (secondary N) is 1. The molecule has 134 valence electrons. The van der Waals surface area contributed by atoms with Crippen LogP contribution in [0.4, 0.5) is 17.6 Å². The van der Waals surface area contributed by atoms with Crippen molar-refractivity contribution in [2.45, 2.75) is 6.54 Å². The number of nitrogens with zero attached hydrogens (tertiary/aromatic N) is 5. The zero-order chi connectivity index (χ0) is 18.8. The van der Waals surface area contributed by atoms with Crippen molar-refractivity contribution >= 4 is 40.1 Å². The third-order valence-corrected chi connectivity index (χ3v) is 4.19. The van der Waals surface area contributed by atoms with Gasteiger partial charge in [0.05, 0.1) is 34.5 Å². The van der Waals surface area contributed by atoms with E-state index < -0.39 is 0 Å². The van der Waals surface area contributed by atoms with E-state index in [-0.39, 0.29) is 24.0 Å². The Morgan fingerprint density at radius 3 is 2.67 bits per heavy atom. The van der Waals surface area contributed by atoms with E-state index in [1.807, 2.05) is 18.2 Å². The minimum absolute atomic E-state index is 0.0383. The average Bonchev–Trinajstić information content (AvgIpc) is 2.66. The zero-order valence-electron chi connectivity index (χ0n) is 14.0. The highest BCUT2D eigenvalue weighted by molar-refractivity contribution is 6.33. The lowest BCUT2D eigenvalue weighted by Crippen LogP contribution is -2.22. The van der Waals surface area contributed by atoms with Gasteiger partial charge in [-0.2, -0.15) is 15.0 Å². The van der Waals surface area contributed by atoms with Gasteiger partial charge in [0.25, 0.3) is 5.56 Å². The molecular formula is C18H14ClN7O. The number of aromatic nitrogens is 5. The molecule has 2 aromatic heterocycles. The van der Waals surface area contributed by atoms with E-state index in [1.165, 1.54) is 10.9 Å². The molecule has 0 saturated heterocycles. The second-order valence-electron chi connectivity index (χ2n) is 5.73. The first-order chi connectivity index (χ1) is 13.1. The van der Waals surface area contributed by atoms with Gasteiger partial charge >= 0.3 is 0 Å². The van der Waals surface area contributed by atoms with Crippen molar-refractivity contribution in [1.82, 2.24) is 24.5 Å². The Labute approximate surface area is 158 Å². The predicted molar refractivity (Wildman–Crippen MR) is 104 cm³/mol. The number of hydrogen-bond donors (Lipinski definition) is 2. The number of halogens is 1. The summed E-state index contributed by atoms with van der Waals surface area (Å²) in [6.07, 6.45) is 1.46. The third-order valence-electron chi connectivity index (χ3n) is 3.86. The van der Waals surface area contributed by atoms with Gasteiger partial charge in [-0.1, -0.05) is 35.9 Å². The summed E-state index contributed by atoms with van der Waals surface area (Å²) in [6, 6.07) is 14.3. The van der Waals surface area contributed by atoms with E-state index in [0.717, 1.165) is 0 Å². The smallest absolute Gasteiger partial charge is 0.261 e. The van der Waals surface area contributed by atoms with Crippen molar-refractivity contribution in [2.75, 3.05) is 11.1 Å². The van der Waals surface area contributed by atoms with Crippen LogP contribution in [0, 0.1) is 0 Å². The Morgan fingerprint density at radius 1 is 1.04 bits per heavy atom. The topological polar surface area (TPSA) is 112 Å². The Balaban J connectivity index is 1.67. The number of nitrogens with two attached hydrogens (primary N) is 1. The lowest BCUT2D eigenvalue weighted by atomic mass is 10.2. The standard InChI is InChI=1S/C18H14ClN7O/c19-12-6-2-4-8-14(12)22-18-24-15(23-17(20)25-18)9-26-10-21-13-7-3-1-5-11(13)16(26)27/h1-8,10H,9H2,(H3,20,22,23,24,25). The molecular weight excluding hydrogens is 366 g/mol. The molecule has 0 amide bonds. The van der Waals surface area contributed by atoms with Crippen molar-refractivity contribution in [3.63, 3.8) is 0 Å². The summed E-state index contributed by atoms with van der Waals surface area (Å²) in [5, 5.41) is 4.05. The second-order valence-corrected chi connectivity index (χ2v) is 6.14. The number of nitrogen functional groups attached to an aromatic ring is 1. The van der Waals surface area contributed by atoms with Crippen LogP contribution in [-0.4, -0.2) is 24.5 Å². The van der Waals surface area contributed by atoms with Gasteiger partial charge in [-0.25, -0.2) is 4.98 Å². The summed E-state index contributed by atoms with van der Waals surface area (Å²) in [6.45, 7) is 0.112. The first kappa shape index (κ1) is 16.9. The van der Waals surface area contributed by atoms with Gasteiger partial charge < -0.3 is 11.1 Å². The summed E-state index contributed by atoms with van der Waals surface area (Å²) >= 11 is 6.14. The van der Waals surface area contributed by atoms with Gasteiger partial charge in [-0.05, 0) is 24.3 Å². The van der Waals surface area contributed by atoms with Crippen LogP contribution in [-0.2, 0) is 6.54 Å². The first-order valence-corrected chi connectivity index (χ1v) is 8.44. The molecule has 0 aliphatic rings. The van der Waals surface area contributed by atoms with Gasteiger partial charge in [0.1, 0.15) is 0 Å². The SMILES string of the molecule is Nc1nc(Cn2cnc3ccccc3c2=O)nc(Nc2ccccc2Cl)n1. The van der Waals surface area contributed by atoms with Crippen molar-refractivity contribution in [2.24, 2.45) is 0 Å². The molecule has 2 aromatic carbocycles. The van der Waals surface area contributed by atoms with Gasteiger partial charge in [0.2, 0.25) is 11.9 Å². The fourth-order valence-corrected chi connectivity index (χ4v) is 2.80. The first-order valence-electron chi connectivity index (χ1n) is 8.06. The third kappa shape index (κ3) is 3.56. The van der Waals surface area contributed by atoms with E-state index in [2.05, 4.69) is 25.3 Å². The van der Waals surface area contributed by atoms with Crippen LogP contribution >= 0.6 is 11.6 Å². The molecule has 4 aromatic rings. The van der Waals surface area contributed by atoms with E-state index >= 15 is 0 Å². The lowest BCUT2D eigenvalue weighted by molar-refractivity contribution is 0.704. The number of rotatable bonds is 4. The van der Waals surface area contributed by atoms with Crippen molar-refractivity contribution in [3.8, 4) is 0 Å². The maximum Gasteiger partial charge on any atom is 0.261 e. The molecule has 2 heterocycles. The van der Waals surface area contributed by atoms with Crippen LogP contribution in [0.2, 0.25) is 5.02 Å².